The van der Waals surface area contributed by atoms with E-state index in [1.165, 1.54) is 5.56 Å². The summed E-state index contributed by atoms with van der Waals surface area (Å²) in [6.07, 6.45) is 3.37. The highest BCUT2D eigenvalue weighted by atomic mass is 16.3. The van der Waals surface area contributed by atoms with Gasteiger partial charge in [0.25, 0.3) is 0 Å². The van der Waals surface area contributed by atoms with E-state index < -0.39 is 0 Å². The molecule has 2 aromatic rings. The van der Waals surface area contributed by atoms with Gasteiger partial charge in [0.05, 0.1) is 12.0 Å². The minimum absolute atomic E-state index is 0.300. The Morgan fingerprint density at radius 3 is 2.57 bits per heavy atom. The third kappa shape index (κ3) is 1.96. The third-order valence-corrected chi connectivity index (χ3v) is 2.20. The molecule has 0 saturated carbocycles. The molecular formula is C12H13NO. The van der Waals surface area contributed by atoms with Gasteiger partial charge in [-0.25, -0.2) is 0 Å². The molecule has 0 aliphatic rings. The van der Waals surface area contributed by atoms with E-state index in [0.717, 1.165) is 5.69 Å². The van der Waals surface area contributed by atoms with E-state index in [2.05, 4.69) is 24.4 Å². The number of hydrogen-bond donors (Lipinski definition) is 1. The normalized spacial score (nSPS) is 12.4. The molecule has 0 aliphatic carbocycles. The molecule has 0 fully saturated rings. The molecule has 1 unspecified atom stereocenters. The van der Waals surface area contributed by atoms with Crippen molar-refractivity contribution in [3.8, 4) is 0 Å². The van der Waals surface area contributed by atoms with E-state index in [-0.39, 0.29) is 0 Å². The van der Waals surface area contributed by atoms with Crippen LogP contribution in [-0.4, -0.2) is 0 Å². The summed E-state index contributed by atoms with van der Waals surface area (Å²) in [5, 5.41) is 3.34. The lowest BCUT2D eigenvalue weighted by Gasteiger charge is -2.13. The van der Waals surface area contributed by atoms with Crippen molar-refractivity contribution in [3.05, 3.63) is 54.5 Å². The number of nitrogens with one attached hydrogen (secondary N) is 1. The fraction of sp³-hybridized carbons (Fsp3) is 0.167. The lowest BCUT2D eigenvalue weighted by Crippen LogP contribution is -2.05. The van der Waals surface area contributed by atoms with Crippen molar-refractivity contribution in [3.63, 3.8) is 0 Å². The minimum atomic E-state index is 0.300. The summed E-state index contributed by atoms with van der Waals surface area (Å²) in [6, 6.07) is 12.5. The van der Waals surface area contributed by atoms with Crippen molar-refractivity contribution in [2.75, 3.05) is 5.32 Å². The van der Waals surface area contributed by atoms with Crippen LogP contribution in [0.5, 0.6) is 0 Å². The molecule has 0 spiro atoms. The standard InChI is InChI=1S/C12H13NO/c1-10(11-5-3-2-4-6-11)13-12-7-8-14-9-12/h2-10,13H,1H3. The lowest BCUT2D eigenvalue weighted by atomic mass is 10.1. The smallest absolute Gasteiger partial charge is 0.113 e. The number of furan rings is 1. The van der Waals surface area contributed by atoms with Crippen molar-refractivity contribution in [2.45, 2.75) is 13.0 Å². The second kappa shape index (κ2) is 4.01. The van der Waals surface area contributed by atoms with Crippen molar-refractivity contribution in [1.82, 2.24) is 0 Å². The Morgan fingerprint density at radius 1 is 1.14 bits per heavy atom. The Balaban J connectivity index is 2.07. The molecule has 2 nitrogen and oxygen atoms in total. The molecule has 0 radical (unpaired) electrons. The van der Waals surface area contributed by atoms with Gasteiger partial charge in [-0.15, -0.1) is 0 Å². The van der Waals surface area contributed by atoms with E-state index in [9.17, 15) is 0 Å². The maximum Gasteiger partial charge on any atom is 0.113 e. The average Bonchev–Trinajstić information content (AvgIpc) is 2.72. The van der Waals surface area contributed by atoms with E-state index in [1.807, 2.05) is 24.3 Å². The summed E-state index contributed by atoms with van der Waals surface area (Å²) in [5.74, 6) is 0. The second-order valence-corrected chi connectivity index (χ2v) is 3.29. The van der Waals surface area contributed by atoms with Crippen LogP contribution in [0.4, 0.5) is 5.69 Å². The van der Waals surface area contributed by atoms with Crippen LogP contribution in [0.25, 0.3) is 0 Å². The average molecular weight is 187 g/mol. The monoisotopic (exact) mass is 187 g/mol. The molecule has 1 atom stereocenters. The van der Waals surface area contributed by atoms with E-state index in [4.69, 9.17) is 4.42 Å². The Kier molecular flexibility index (Phi) is 2.54. The SMILES string of the molecule is CC(Nc1ccoc1)c1ccccc1. The molecule has 14 heavy (non-hydrogen) atoms. The number of hydrogen-bond acceptors (Lipinski definition) is 2. The zero-order valence-corrected chi connectivity index (χ0v) is 8.10. The first-order valence-corrected chi connectivity index (χ1v) is 4.70. The van der Waals surface area contributed by atoms with Gasteiger partial charge in [-0.3, -0.25) is 0 Å². The Labute approximate surface area is 83.6 Å². The van der Waals surface area contributed by atoms with E-state index in [0.29, 0.717) is 6.04 Å². The number of benzene rings is 1. The minimum Gasteiger partial charge on any atom is -0.470 e. The molecule has 0 saturated heterocycles. The fourth-order valence-corrected chi connectivity index (χ4v) is 1.42. The van der Waals surface area contributed by atoms with Gasteiger partial charge < -0.3 is 9.73 Å². The zero-order chi connectivity index (χ0) is 9.80. The predicted octanol–water partition coefficient (Wildman–Crippen LogP) is 3.45. The molecule has 2 rings (SSSR count). The topological polar surface area (TPSA) is 25.2 Å². The molecule has 2 heteroatoms. The predicted molar refractivity (Wildman–Crippen MR) is 57.2 cm³/mol. The van der Waals surface area contributed by atoms with Gasteiger partial charge in [0.2, 0.25) is 0 Å². The second-order valence-electron chi connectivity index (χ2n) is 3.29. The summed E-state index contributed by atoms with van der Waals surface area (Å²) in [5.41, 5.74) is 2.29. The van der Waals surface area contributed by atoms with E-state index in [1.54, 1.807) is 12.5 Å². The lowest BCUT2D eigenvalue weighted by molar-refractivity contribution is 0.567. The summed E-state index contributed by atoms with van der Waals surface area (Å²) in [6.45, 7) is 2.13. The first kappa shape index (κ1) is 8.88. The third-order valence-electron chi connectivity index (χ3n) is 2.20. The van der Waals surface area contributed by atoms with Crippen LogP contribution in [0.3, 0.4) is 0 Å². The van der Waals surface area contributed by atoms with Gasteiger partial charge in [-0.2, -0.15) is 0 Å². The number of anilines is 1. The zero-order valence-electron chi connectivity index (χ0n) is 8.10. The van der Waals surface area contributed by atoms with Gasteiger partial charge in [0.15, 0.2) is 0 Å². The Hall–Kier alpha value is -1.70. The molecule has 0 amide bonds. The van der Waals surface area contributed by atoms with Crippen molar-refractivity contribution in [1.29, 1.82) is 0 Å². The van der Waals surface area contributed by atoms with Crippen molar-refractivity contribution >= 4 is 5.69 Å². The molecular weight excluding hydrogens is 174 g/mol. The fourth-order valence-electron chi connectivity index (χ4n) is 1.42. The highest BCUT2D eigenvalue weighted by Crippen LogP contribution is 2.18. The van der Waals surface area contributed by atoms with Crippen molar-refractivity contribution < 1.29 is 4.42 Å². The largest absolute Gasteiger partial charge is 0.470 e. The summed E-state index contributed by atoms with van der Waals surface area (Å²) < 4.78 is 4.99. The van der Waals surface area contributed by atoms with Gasteiger partial charge in [-0.1, -0.05) is 30.3 Å². The highest BCUT2D eigenvalue weighted by molar-refractivity contribution is 5.41. The maximum absolute atomic E-state index is 4.99. The van der Waals surface area contributed by atoms with Crippen LogP contribution >= 0.6 is 0 Å². The molecule has 1 aromatic carbocycles. The first-order valence-electron chi connectivity index (χ1n) is 4.70. The summed E-state index contributed by atoms with van der Waals surface area (Å²) in [4.78, 5) is 0. The van der Waals surface area contributed by atoms with Gasteiger partial charge in [0, 0.05) is 6.04 Å². The first-order chi connectivity index (χ1) is 6.86. The molecule has 1 N–H and O–H groups in total. The summed E-state index contributed by atoms with van der Waals surface area (Å²) in [7, 11) is 0. The number of rotatable bonds is 3. The van der Waals surface area contributed by atoms with Crippen LogP contribution in [0, 0.1) is 0 Å². The maximum atomic E-state index is 4.99. The van der Waals surface area contributed by atoms with Gasteiger partial charge in [-0.05, 0) is 18.6 Å². The van der Waals surface area contributed by atoms with Gasteiger partial charge >= 0.3 is 0 Å². The van der Waals surface area contributed by atoms with E-state index >= 15 is 0 Å². The molecule has 0 bridgehead atoms. The van der Waals surface area contributed by atoms with Crippen LogP contribution < -0.4 is 5.32 Å². The molecule has 1 aromatic heterocycles. The quantitative estimate of drug-likeness (QED) is 0.796. The van der Waals surface area contributed by atoms with Crippen LogP contribution in [0.2, 0.25) is 0 Å². The van der Waals surface area contributed by atoms with Gasteiger partial charge in [0.1, 0.15) is 6.26 Å². The van der Waals surface area contributed by atoms with Crippen LogP contribution in [-0.2, 0) is 0 Å². The Bertz CT molecular complexity index is 366. The van der Waals surface area contributed by atoms with Crippen LogP contribution in [0.15, 0.2) is 53.3 Å². The molecule has 72 valence electrons. The Morgan fingerprint density at radius 2 is 1.93 bits per heavy atom. The summed E-state index contributed by atoms with van der Waals surface area (Å²) >= 11 is 0. The van der Waals surface area contributed by atoms with Crippen LogP contribution in [0.1, 0.15) is 18.5 Å². The highest BCUT2D eigenvalue weighted by Gasteiger charge is 2.04. The molecule has 0 aliphatic heterocycles. The molecule has 1 heterocycles. The van der Waals surface area contributed by atoms with Crippen molar-refractivity contribution in [2.24, 2.45) is 0 Å².